The molecular weight excluding hydrogens is 236 g/mol. The number of benzene rings is 1. The van der Waals surface area contributed by atoms with Gasteiger partial charge in [-0.2, -0.15) is 0 Å². The molecule has 1 aromatic rings. The van der Waals surface area contributed by atoms with Gasteiger partial charge < -0.3 is 11.1 Å². The lowest BCUT2D eigenvalue weighted by atomic mass is 10.0. The van der Waals surface area contributed by atoms with E-state index in [9.17, 15) is 4.79 Å². The van der Waals surface area contributed by atoms with Gasteiger partial charge in [0, 0.05) is 0 Å². The summed E-state index contributed by atoms with van der Waals surface area (Å²) in [5.74, 6) is 0.582. The number of carbonyl (C=O) groups is 1. The number of carbonyl (C=O) groups excluding carboxylic acids is 1. The zero-order chi connectivity index (χ0) is 13.7. The van der Waals surface area contributed by atoms with E-state index >= 15 is 0 Å². The number of nitrogens with two attached hydrogens (primary N) is 1. The maximum atomic E-state index is 12.1. The molecule has 3 nitrogen and oxygen atoms in total. The van der Waals surface area contributed by atoms with E-state index in [1.54, 1.807) is 0 Å². The molecule has 0 aliphatic heterocycles. The van der Waals surface area contributed by atoms with Gasteiger partial charge in [0.15, 0.2) is 0 Å². The number of nitrogens with one attached hydrogen (secondary N) is 1. The van der Waals surface area contributed by atoms with Gasteiger partial charge >= 0.3 is 0 Å². The molecule has 0 saturated heterocycles. The van der Waals surface area contributed by atoms with Crippen LogP contribution >= 0.6 is 0 Å². The van der Waals surface area contributed by atoms with Crippen LogP contribution in [0.2, 0.25) is 0 Å². The predicted molar refractivity (Wildman–Crippen MR) is 77.6 cm³/mol. The fourth-order valence-electron chi connectivity index (χ4n) is 2.38. The van der Waals surface area contributed by atoms with Crippen molar-refractivity contribution in [2.24, 2.45) is 11.7 Å². The number of hydrogen-bond donors (Lipinski definition) is 2. The number of amides is 1. The highest BCUT2D eigenvalue weighted by molar-refractivity contribution is 5.81. The molecule has 0 heterocycles. The van der Waals surface area contributed by atoms with Crippen LogP contribution in [0.4, 0.5) is 0 Å². The van der Waals surface area contributed by atoms with Gasteiger partial charge in [0.1, 0.15) is 0 Å². The summed E-state index contributed by atoms with van der Waals surface area (Å²) in [6, 6.07) is 9.98. The van der Waals surface area contributed by atoms with Crippen molar-refractivity contribution in [1.82, 2.24) is 5.32 Å². The summed E-state index contributed by atoms with van der Waals surface area (Å²) in [5, 5.41) is 3.14. The molecule has 1 fully saturated rings. The molecule has 1 amide bonds. The minimum Gasteiger partial charge on any atom is -0.348 e. The zero-order valence-electron chi connectivity index (χ0n) is 11.6. The third-order valence-corrected chi connectivity index (χ3v) is 3.76. The maximum absolute atomic E-state index is 12.1. The Morgan fingerprint density at radius 1 is 1.37 bits per heavy atom. The molecule has 3 N–H and O–H groups in total. The second-order valence-electron chi connectivity index (χ2n) is 5.48. The van der Waals surface area contributed by atoms with Crippen molar-refractivity contribution in [2.45, 2.75) is 51.1 Å². The second-order valence-corrected chi connectivity index (χ2v) is 5.48. The highest BCUT2D eigenvalue weighted by Crippen LogP contribution is 2.40. The molecule has 19 heavy (non-hydrogen) atoms. The minimum atomic E-state index is -0.370. The minimum absolute atomic E-state index is 0.00537. The summed E-state index contributed by atoms with van der Waals surface area (Å²) in [6.07, 6.45) is 5.25. The number of hydrogen-bond acceptors (Lipinski definition) is 2. The van der Waals surface area contributed by atoms with Crippen LogP contribution in [0.25, 0.3) is 0 Å². The Hall–Kier alpha value is -1.35. The van der Waals surface area contributed by atoms with Crippen molar-refractivity contribution in [3.63, 3.8) is 0 Å². The molecule has 0 aromatic heterocycles. The highest BCUT2D eigenvalue weighted by Gasteiger charge is 2.33. The molecule has 1 aliphatic rings. The Kier molecular flexibility index (Phi) is 4.97. The fraction of sp³-hybridized carbons (Fsp3) is 0.562. The Morgan fingerprint density at radius 2 is 2.05 bits per heavy atom. The van der Waals surface area contributed by atoms with Crippen LogP contribution in [0.15, 0.2) is 30.3 Å². The Labute approximate surface area is 115 Å². The first kappa shape index (κ1) is 14.1. The second kappa shape index (κ2) is 6.71. The predicted octanol–water partition coefficient (Wildman–Crippen LogP) is 2.77. The molecule has 1 saturated carbocycles. The quantitative estimate of drug-likeness (QED) is 0.792. The van der Waals surface area contributed by atoms with Crippen LogP contribution < -0.4 is 11.1 Å². The van der Waals surface area contributed by atoms with E-state index < -0.39 is 0 Å². The van der Waals surface area contributed by atoms with Gasteiger partial charge in [-0.1, -0.05) is 50.1 Å². The smallest absolute Gasteiger partial charge is 0.237 e. The number of rotatable bonds is 7. The molecule has 2 unspecified atom stereocenters. The van der Waals surface area contributed by atoms with Crippen molar-refractivity contribution >= 4 is 5.91 Å². The van der Waals surface area contributed by atoms with Gasteiger partial charge in [-0.25, -0.2) is 0 Å². The normalized spacial score (nSPS) is 17.8. The summed E-state index contributed by atoms with van der Waals surface area (Å²) in [7, 11) is 0. The van der Waals surface area contributed by atoms with E-state index in [0.29, 0.717) is 5.92 Å². The van der Waals surface area contributed by atoms with E-state index in [0.717, 1.165) is 19.3 Å². The maximum Gasteiger partial charge on any atom is 0.237 e. The Morgan fingerprint density at radius 3 is 2.63 bits per heavy atom. The first-order valence-corrected chi connectivity index (χ1v) is 7.33. The van der Waals surface area contributed by atoms with Gasteiger partial charge in [0.05, 0.1) is 12.1 Å². The lowest BCUT2D eigenvalue weighted by Crippen LogP contribution is -2.42. The van der Waals surface area contributed by atoms with E-state index in [2.05, 4.69) is 24.4 Å². The van der Waals surface area contributed by atoms with Crippen molar-refractivity contribution < 1.29 is 4.79 Å². The van der Waals surface area contributed by atoms with Gasteiger partial charge in [-0.15, -0.1) is 0 Å². The zero-order valence-corrected chi connectivity index (χ0v) is 11.6. The third-order valence-electron chi connectivity index (χ3n) is 3.76. The van der Waals surface area contributed by atoms with Gasteiger partial charge in [0.2, 0.25) is 5.91 Å². The highest BCUT2D eigenvalue weighted by atomic mass is 16.2. The molecule has 1 aliphatic carbocycles. The molecule has 3 heteroatoms. The molecule has 104 valence electrons. The molecule has 1 aromatic carbocycles. The van der Waals surface area contributed by atoms with Crippen molar-refractivity contribution in [3.05, 3.63) is 35.9 Å². The van der Waals surface area contributed by atoms with Crippen LogP contribution in [0.3, 0.4) is 0 Å². The molecule has 0 spiro atoms. The van der Waals surface area contributed by atoms with Crippen LogP contribution in [-0.2, 0) is 4.79 Å². The molecule has 0 radical (unpaired) electrons. The van der Waals surface area contributed by atoms with Crippen molar-refractivity contribution in [1.29, 1.82) is 0 Å². The van der Waals surface area contributed by atoms with E-state index in [1.165, 1.54) is 18.4 Å². The SMILES string of the molecule is CCCCC(N)C(=O)NC(c1ccccc1)C1CC1. The molecule has 0 bridgehead atoms. The monoisotopic (exact) mass is 260 g/mol. The van der Waals surface area contributed by atoms with Crippen LogP contribution in [0, 0.1) is 5.92 Å². The summed E-state index contributed by atoms with van der Waals surface area (Å²) < 4.78 is 0. The third kappa shape index (κ3) is 4.06. The average Bonchev–Trinajstić information content (AvgIpc) is 3.27. The summed E-state index contributed by atoms with van der Waals surface area (Å²) >= 11 is 0. The van der Waals surface area contributed by atoms with E-state index in [1.807, 2.05) is 18.2 Å². The van der Waals surface area contributed by atoms with E-state index in [4.69, 9.17) is 5.73 Å². The largest absolute Gasteiger partial charge is 0.348 e. The summed E-state index contributed by atoms with van der Waals surface area (Å²) in [6.45, 7) is 2.11. The van der Waals surface area contributed by atoms with Gasteiger partial charge in [0.25, 0.3) is 0 Å². The first-order chi connectivity index (χ1) is 9.22. The molecular formula is C16H24N2O. The van der Waals surface area contributed by atoms with E-state index in [-0.39, 0.29) is 18.0 Å². The first-order valence-electron chi connectivity index (χ1n) is 7.33. The molecule has 2 rings (SSSR count). The van der Waals surface area contributed by atoms with Gasteiger partial charge in [-0.05, 0) is 30.7 Å². The fourth-order valence-corrected chi connectivity index (χ4v) is 2.38. The topological polar surface area (TPSA) is 55.1 Å². The van der Waals surface area contributed by atoms with Crippen LogP contribution in [-0.4, -0.2) is 11.9 Å². The number of unbranched alkanes of at least 4 members (excludes halogenated alkanes) is 1. The van der Waals surface area contributed by atoms with Crippen molar-refractivity contribution in [3.8, 4) is 0 Å². The molecule has 2 atom stereocenters. The van der Waals surface area contributed by atoms with Gasteiger partial charge in [-0.3, -0.25) is 4.79 Å². The average molecular weight is 260 g/mol. The standard InChI is InChI=1S/C16H24N2O/c1-2-3-9-14(17)16(19)18-15(13-10-11-13)12-7-5-4-6-8-12/h4-8,13-15H,2-3,9-11,17H2,1H3,(H,18,19). The summed E-state index contributed by atoms with van der Waals surface area (Å²) in [5.41, 5.74) is 7.13. The lowest BCUT2D eigenvalue weighted by molar-refractivity contribution is -0.123. The van der Waals surface area contributed by atoms with Crippen molar-refractivity contribution in [2.75, 3.05) is 0 Å². The van der Waals surface area contributed by atoms with Crippen LogP contribution in [0.5, 0.6) is 0 Å². The Balaban J connectivity index is 1.96. The van der Waals surface area contributed by atoms with Crippen LogP contribution in [0.1, 0.15) is 50.6 Å². The summed E-state index contributed by atoms with van der Waals surface area (Å²) in [4.78, 5) is 12.1. The lowest BCUT2D eigenvalue weighted by Gasteiger charge is -2.21. The Bertz CT molecular complexity index is 400.